The molecule has 2 N–H and O–H groups in total. The lowest BCUT2D eigenvalue weighted by Crippen LogP contribution is -2.44. The van der Waals surface area contributed by atoms with Crippen LogP contribution in [0.2, 0.25) is 0 Å². The van der Waals surface area contributed by atoms with E-state index in [1.165, 1.54) is 0 Å². The molecule has 0 saturated carbocycles. The lowest BCUT2D eigenvalue weighted by atomic mass is 10.2. The van der Waals surface area contributed by atoms with E-state index in [1.807, 2.05) is 16.7 Å². The van der Waals surface area contributed by atoms with Crippen molar-refractivity contribution in [3.05, 3.63) is 36.9 Å². The van der Waals surface area contributed by atoms with Crippen LogP contribution in [0.15, 0.2) is 41.9 Å². The maximum absolute atomic E-state index is 5.51. The lowest BCUT2D eigenvalue weighted by molar-refractivity contribution is 0.415. The van der Waals surface area contributed by atoms with Gasteiger partial charge >= 0.3 is 0 Å². The molecule has 1 saturated heterocycles. The van der Waals surface area contributed by atoms with Crippen molar-refractivity contribution in [2.24, 2.45) is 4.99 Å². The van der Waals surface area contributed by atoms with Crippen molar-refractivity contribution in [1.29, 1.82) is 0 Å². The van der Waals surface area contributed by atoms with Crippen LogP contribution in [0, 0.1) is 0 Å². The van der Waals surface area contributed by atoms with E-state index in [1.54, 1.807) is 19.8 Å². The van der Waals surface area contributed by atoms with Gasteiger partial charge in [-0.1, -0.05) is 12.1 Å². The van der Waals surface area contributed by atoms with E-state index in [9.17, 15) is 0 Å². The molecule has 1 aromatic carbocycles. The normalized spacial score (nSPS) is 17.0. The Kier molecular flexibility index (Phi) is 7.52. The Morgan fingerprint density at radius 2 is 2.07 bits per heavy atom. The number of aliphatic imine (C=N–C) groups is 1. The van der Waals surface area contributed by atoms with Gasteiger partial charge in [0.15, 0.2) is 5.96 Å². The summed E-state index contributed by atoms with van der Waals surface area (Å²) in [6, 6.07) is 8.58. The number of aryl methyl sites for hydroxylation is 1. The van der Waals surface area contributed by atoms with Crippen molar-refractivity contribution in [3.63, 3.8) is 0 Å². The van der Waals surface area contributed by atoms with Crippen molar-refractivity contribution >= 4 is 11.6 Å². The molecule has 2 aromatic rings. The van der Waals surface area contributed by atoms with Gasteiger partial charge in [0.2, 0.25) is 0 Å². The van der Waals surface area contributed by atoms with Gasteiger partial charge in [0.25, 0.3) is 0 Å². The summed E-state index contributed by atoms with van der Waals surface area (Å²) in [6.45, 7) is 6.65. The Morgan fingerprint density at radius 1 is 1.25 bits per heavy atom. The molecule has 1 aliphatic rings. The minimum Gasteiger partial charge on any atom is -0.495 e. The average Bonchev–Trinajstić information content (AvgIpc) is 3.40. The zero-order valence-corrected chi connectivity index (χ0v) is 16.8. The molecular formula is C20H31N7O. The first-order valence-electron chi connectivity index (χ1n) is 10.1. The molecule has 0 amide bonds. The number of hydrogen-bond acceptors (Lipinski definition) is 5. The molecule has 1 aromatic heterocycles. The number of ether oxygens (including phenoxy) is 1. The number of rotatable bonds is 9. The number of aromatic nitrogens is 3. The fourth-order valence-electron chi connectivity index (χ4n) is 3.44. The second-order valence-corrected chi connectivity index (χ2v) is 6.92. The Balaban J connectivity index is 1.47. The fourth-order valence-corrected chi connectivity index (χ4v) is 3.44. The summed E-state index contributed by atoms with van der Waals surface area (Å²) in [7, 11) is 1.73. The first-order chi connectivity index (χ1) is 13.8. The van der Waals surface area contributed by atoms with Crippen LogP contribution in [0.1, 0.15) is 26.2 Å². The van der Waals surface area contributed by atoms with Gasteiger partial charge in [0.1, 0.15) is 18.4 Å². The van der Waals surface area contributed by atoms with Crippen LogP contribution in [0.25, 0.3) is 0 Å². The maximum Gasteiger partial charge on any atom is 0.191 e. The van der Waals surface area contributed by atoms with E-state index in [-0.39, 0.29) is 0 Å². The number of unbranched alkanes of at least 4 members (excludes halogenated alkanes) is 1. The van der Waals surface area contributed by atoms with Gasteiger partial charge in [0.05, 0.1) is 12.8 Å². The molecule has 0 spiro atoms. The summed E-state index contributed by atoms with van der Waals surface area (Å²) in [6.07, 6.45) is 6.68. The van der Waals surface area contributed by atoms with Crippen molar-refractivity contribution in [2.75, 3.05) is 38.2 Å². The third-order valence-electron chi connectivity index (χ3n) is 4.86. The third-order valence-corrected chi connectivity index (χ3v) is 4.86. The van der Waals surface area contributed by atoms with E-state index in [0.717, 1.165) is 69.4 Å². The van der Waals surface area contributed by atoms with E-state index in [4.69, 9.17) is 9.73 Å². The molecule has 1 aliphatic heterocycles. The summed E-state index contributed by atoms with van der Waals surface area (Å²) < 4.78 is 7.51. The SMILES string of the molecule is CCNC(=NCCCCn1cnnc1)NC1CCN(c2ccccc2OC)C1. The van der Waals surface area contributed by atoms with Crippen LogP contribution in [0.5, 0.6) is 5.75 Å². The molecule has 28 heavy (non-hydrogen) atoms. The number of guanidine groups is 1. The standard InChI is InChI=1S/C20H31N7O/c1-3-21-20(22-11-6-7-12-26-15-23-24-16-26)25-17-10-13-27(14-17)18-8-4-5-9-19(18)28-2/h4-5,8-9,15-17H,3,6-7,10-14H2,1-2H3,(H2,21,22,25). The topological polar surface area (TPSA) is 79.6 Å². The van der Waals surface area contributed by atoms with E-state index < -0.39 is 0 Å². The largest absolute Gasteiger partial charge is 0.495 e. The molecule has 1 atom stereocenters. The van der Waals surface area contributed by atoms with Crippen LogP contribution in [-0.4, -0.2) is 60.1 Å². The molecule has 1 fully saturated rings. The molecule has 152 valence electrons. The van der Waals surface area contributed by atoms with Gasteiger partial charge in [-0.2, -0.15) is 0 Å². The van der Waals surface area contributed by atoms with Crippen LogP contribution in [0.3, 0.4) is 0 Å². The summed E-state index contributed by atoms with van der Waals surface area (Å²) in [5.41, 5.74) is 1.16. The predicted molar refractivity (Wildman–Crippen MR) is 112 cm³/mol. The van der Waals surface area contributed by atoms with Gasteiger partial charge in [-0.05, 0) is 38.3 Å². The maximum atomic E-state index is 5.51. The van der Waals surface area contributed by atoms with Crippen LogP contribution in [0.4, 0.5) is 5.69 Å². The number of anilines is 1. The van der Waals surface area contributed by atoms with Gasteiger partial charge in [-0.3, -0.25) is 4.99 Å². The van der Waals surface area contributed by atoms with Crippen LogP contribution < -0.4 is 20.3 Å². The fraction of sp³-hybridized carbons (Fsp3) is 0.550. The summed E-state index contributed by atoms with van der Waals surface area (Å²) >= 11 is 0. The first kappa shape index (κ1) is 20.0. The number of benzene rings is 1. The second kappa shape index (κ2) is 10.5. The van der Waals surface area contributed by atoms with Crippen LogP contribution in [-0.2, 0) is 6.54 Å². The van der Waals surface area contributed by atoms with E-state index in [2.05, 4.69) is 44.8 Å². The number of methoxy groups -OCH3 is 1. The lowest BCUT2D eigenvalue weighted by Gasteiger charge is -2.22. The Labute approximate surface area is 167 Å². The zero-order valence-electron chi connectivity index (χ0n) is 16.8. The number of nitrogens with one attached hydrogen (secondary N) is 2. The van der Waals surface area contributed by atoms with Crippen molar-refractivity contribution in [3.8, 4) is 5.75 Å². The van der Waals surface area contributed by atoms with Crippen molar-refractivity contribution in [1.82, 2.24) is 25.4 Å². The highest BCUT2D eigenvalue weighted by molar-refractivity contribution is 5.80. The van der Waals surface area contributed by atoms with Crippen molar-refractivity contribution < 1.29 is 4.74 Å². The monoisotopic (exact) mass is 385 g/mol. The van der Waals surface area contributed by atoms with Gasteiger partial charge < -0.3 is 24.8 Å². The number of hydrogen-bond donors (Lipinski definition) is 2. The first-order valence-corrected chi connectivity index (χ1v) is 10.1. The molecule has 1 unspecified atom stereocenters. The molecule has 8 heteroatoms. The molecule has 3 rings (SSSR count). The quantitative estimate of drug-likeness (QED) is 0.390. The molecule has 0 bridgehead atoms. The van der Waals surface area contributed by atoms with Gasteiger partial charge in [-0.25, -0.2) is 0 Å². The van der Waals surface area contributed by atoms with Gasteiger partial charge in [-0.15, -0.1) is 10.2 Å². The predicted octanol–water partition coefficient (Wildman–Crippen LogP) is 1.90. The average molecular weight is 386 g/mol. The summed E-state index contributed by atoms with van der Waals surface area (Å²) in [4.78, 5) is 7.11. The molecule has 0 aliphatic carbocycles. The Morgan fingerprint density at radius 3 is 2.86 bits per heavy atom. The minimum absolute atomic E-state index is 0.375. The molecule has 2 heterocycles. The smallest absolute Gasteiger partial charge is 0.191 e. The summed E-state index contributed by atoms with van der Waals surface area (Å²) in [5.74, 6) is 1.83. The number of para-hydroxylation sites is 2. The van der Waals surface area contributed by atoms with E-state index >= 15 is 0 Å². The third kappa shape index (κ3) is 5.61. The minimum atomic E-state index is 0.375. The van der Waals surface area contributed by atoms with Crippen LogP contribution >= 0.6 is 0 Å². The highest BCUT2D eigenvalue weighted by Crippen LogP contribution is 2.30. The second-order valence-electron chi connectivity index (χ2n) is 6.92. The molecule has 8 nitrogen and oxygen atoms in total. The Bertz CT molecular complexity index is 732. The highest BCUT2D eigenvalue weighted by atomic mass is 16.5. The highest BCUT2D eigenvalue weighted by Gasteiger charge is 2.25. The molecular weight excluding hydrogens is 354 g/mol. The molecule has 0 radical (unpaired) electrons. The number of nitrogens with zero attached hydrogens (tertiary/aromatic N) is 5. The van der Waals surface area contributed by atoms with E-state index in [0.29, 0.717) is 6.04 Å². The Hall–Kier alpha value is -2.77. The zero-order chi connectivity index (χ0) is 19.6. The van der Waals surface area contributed by atoms with Crippen molar-refractivity contribution in [2.45, 2.75) is 38.8 Å². The van der Waals surface area contributed by atoms with Gasteiger partial charge in [0, 0.05) is 38.8 Å². The summed E-state index contributed by atoms with van der Waals surface area (Å²) in [5, 5.41) is 14.6.